The molecule has 1 rings (SSSR count). The predicted molar refractivity (Wildman–Crippen MR) is 94.7 cm³/mol. The summed E-state index contributed by atoms with van der Waals surface area (Å²) in [5.41, 5.74) is 0.482. The summed E-state index contributed by atoms with van der Waals surface area (Å²) in [6.07, 6.45) is 6.69. The van der Waals surface area contributed by atoms with Gasteiger partial charge in [-0.3, -0.25) is 4.79 Å². The first-order chi connectivity index (χ1) is 12.0. The molecule has 1 atom stereocenters. The lowest BCUT2D eigenvalue weighted by molar-refractivity contribution is -0.139. The number of carbonyl (C=O) groups is 3. The maximum Gasteiger partial charge on any atom is 0.337 e. The van der Waals surface area contributed by atoms with Crippen molar-refractivity contribution in [3.63, 3.8) is 0 Å². The first-order valence-electron chi connectivity index (χ1n) is 8.71. The van der Waals surface area contributed by atoms with Crippen molar-refractivity contribution in [2.45, 2.75) is 57.9 Å². The molecule has 6 nitrogen and oxygen atoms in total. The van der Waals surface area contributed by atoms with Crippen molar-refractivity contribution >= 4 is 17.8 Å². The van der Waals surface area contributed by atoms with Crippen molar-refractivity contribution in [2.75, 3.05) is 7.11 Å². The van der Waals surface area contributed by atoms with Crippen LogP contribution in [0.3, 0.4) is 0 Å². The highest BCUT2D eigenvalue weighted by Crippen LogP contribution is 2.11. The number of ether oxygens (including phenoxy) is 1. The van der Waals surface area contributed by atoms with Crippen LogP contribution in [0.4, 0.5) is 0 Å². The molecule has 0 heterocycles. The second-order valence-corrected chi connectivity index (χ2v) is 5.99. The quantitative estimate of drug-likeness (QED) is 0.472. The number of hydrogen-bond donors (Lipinski definition) is 2. The minimum Gasteiger partial charge on any atom is -0.480 e. The van der Waals surface area contributed by atoms with Crippen LogP contribution < -0.4 is 5.32 Å². The standard InChI is InChI=1S/C19H27NO5/c1-3-4-5-6-7-8-12-16(18(22)23)20-17(21)14-10-9-11-15(13-14)19(24)25-2/h9-11,13,16H,3-8,12H2,1-2H3,(H,20,21)(H,22,23)/t16-/m0/s1. The number of aliphatic carboxylic acids is 1. The Balaban J connectivity index is 2.58. The molecule has 1 aromatic rings. The molecular weight excluding hydrogens is 322 g/mol. The lowest BCUT2D eigenvalue weighted by Gasteiger charge is -2.14. The van der Waals surface area contributed by atoms with Gasteiger partial charge in [-0.25, -0.2) is 9.59 Å². The van der Waals surface area contributed by atoms with E-state index in [0.29, 0.717) is 6.42 Å². The average Bonchev–Trinajstić information content (AvgIpc) is 2.62. The van der Waals surface area contributed by atoms with Crippen molar-refractivity contribution in [1.29, 1.82) is 0 Å². The summed E-state index contributed by atoms with van der Waals surface area (Å²) in [7, 11) is 1.26. The third-order valence-electron chi connectivity index (χ3n) is 4.00. The molecule has 25 heavy (non-hydrogen) atoms. The largest absolute Gasteiger partial charge is 0.480 e. The van der Waals surface area contributed by atoms with E-state index in [0.717, 1.165) is 25.7 Å². The average molecular weight is 349 g/mol. The zero-order chi connectivity index (χ0) is 18.7. The van der Waals surface area contributed by atoms with Crippen molar-refractivity contribution in [1.82, 2.24) is 5.32 Å². The Morgan fingerprint density at radius 1 is 1.08 bits per heavy atom. The highest BCUT2D eigenvalue weighted by atomic mass is 16.5. The third-order valence-corrected chi connectivity index (χ3v) is 4.00. The van der Waals surface area contributed by atoms with E-state index in [4.69, 9.17) is 0 Å². The molecule has 0 radical (unpaired) electrons. The fourth-order valence-corrected chi connectivity index (χ4v) is 2.53. The number of nitrogens with one attached hydrogen (secondary N) is 1. The number of carboxylic acids is 1. The first-order valence-corrected chi connectivity index (χ1v) is 8.71. The number of methoxy groups -OCH3 is 1. The van der Waals surface area contributed by atoms with E-state index in [1.54, 1.807) is 6.07 Å². The van der Waals surface area contributed by atoms with Crippen LogP contribution in [0.15, 0.2) is 24.3 Å². The molecular formula is C19H27NO5. The molecule has 6 heteroatoms. The molecule has 138 valence electrons. The van der Waals surface area contributed by atoms with E-state index in [2.05, 4.69) is 17.0 Å². The van der Waals surface area contributed by atoms with Crippen LogP contribution in [-0.4, -0.2) is 36.1 Å². The molecule has 0 bridgehead atoms. The molecule has 0 unspecified atom stereocenters. The van der Waals surface area contributed by atoms with E-state index < -0.39 is 23.9 Å². The van der Waals surface area contributed by atoms with E-state index in [-0.39, 0.29) is 11.1 Å². The molecule has 0 spiro atoms. The highest BCUT2D eigenvalue weighted by molar-refractivity contribution is 5.99. The maximum atomic E-state index is 12.3. The van der Waals surface area contributed by atoms with Gasteiger partial charge < -0.3 is 15.2 Å². The summed E-state index contributed by atoms with van der Waals surface area (Å²) in [6.45, 7) is 2.14. The number of benzene rings is 1. The smallest absolute Gasteiger partial charge is 0.337 e. The number of amides is 1. The predicted octanol–water partition coefficient (Wildman–Crippen LogP) is 3.41. The van der Waals surface area contributed by atoms with Gasteiger partial charge in [-0.2, -0.15) is 0 Å². The number of rotatable bonds is 11. The summed E-state index contributed by atoms with van der Waals surface area (Å²) in [6, 6.07) is 5.09. The second-order valence-electron chi connectivity index (χ2n) is 5.99. The number of unbranched alkanes of at least 4 members (excludes halogenated alkanes) is 5. The fraction of sp³-hybridized carbons (Fsp3) is 0.526. The van der Waals surface area contributed by atoms with Gasteiger partial charge in [0.15, 0.2) is 0 Å². The Morgan fingerprint density at radius 3 is 2.36 bits per heavy atom. The summed E-state index contributed by atoms with van der Waals surface area (Å²) >= 11 is 0. The molecule has 0 aliphatic carbocycles. The summed E-state index contributed by atoms with van der Waals surface area (Å²) in [5.74, 6) is -2.10. The van der Waals surface area contributed by atoms with E-state index in [9.17, 15) is 19.5 Å². The van der Waals surface area contributed by atoms with Gasteiger partial charge >= 0.3 is 11.9 Å². The third kappa shape index (κ3) is 7.37. The van der Waals surface area contributed by atoms with Gasteiger partial charge in [-0.05, 0) is 24.6 Å². The van der Waals surface area contributed by atoms with Gasteiger partial charge in [0, 0.05) is 5.56 Å². The minimum absolute atomic E-state index is 0.233. The van der Waals surface area contributed by atoms with E-state index in [1.807, 2.05) is 0 Å². The van der Waals surface area contributed by atoms with Crippen LogP contribution >= 0.6 is 0 Å². The normalized spacial score (nSPS) is 11.6. The molecule has 2 N–H and O–H groups in total. The first kappa shape index (κ1) is 20.7. The number of carbonyl (C=O) groups excluding carboxylic acids is 2. The molecule has 0 aromatic heterocycles. The lowest BCUT2D eigenvalue weighted by Crippen LogP contribution is -2.40. The Morgan fingerprint density at radius 2 is 1.72 bits per heavy atom. The van der Waals surface area contributed by atoms with E-state index in [1.165, 1.54) is 38.2 Å². The van der Waals surface area contributed by atoms with Crippen LogP contribution in [0.2, 0.25) is 0 Å². The summed E-state index contributed by atoms with van der Waals surface area (Å²) < 4.78 is 4.62. The minimum atomic E-state index is -1.05. The molecule has 0 aliphatic rings. The Bertz CT molecular complexity index is 585. The van der Waals surface area contributed by atoms with E-state index >= 15 is 0 Å². The van der Waals surface area contributed by atoms with Crippen molar-refractivity contribution in [2.24, 2.45) is 0 Å². The number of carboxylic acid groups (broad SMARTS) is 1. The molecule has 0 saturated heterocycles. The monoisotopic (exact) mass is 349 g/mol. The second kappa shape index (κ2) is 11.2. The van der Waals surface area contributed by atoms with Gasteiger partial charge in [0.25, 0.3) is 5.91 Å². The highest BCUT2D eigenvalue weighted by Gasteiger charge is 2.20. The molecule has 0 saturated carbocycles. The van der Waals surface area contributed by atoms with Gasteiger partial charge in [-0.15, -0.1) is 0 Å². The number of hydrogen-bond acceptors (Lipinski definition) is 4. The number of esters is 1. The molecule has 0 aliphatic heterocycles. The Hall–Kier alpha value is -2.37. The van der Waals surface area contributed by atoms with Crippen molar-refractivity contribution in [3.8, 4) is 0 Å². The van der Waals surface area contributed by atoms with Crippen LogP contribution in [0, 0.1) is 0 Å². The zero-order valence-corrected chi connectivity index (χ0v) is 14.9. The van der Waals surface area contributed by atoms with Crippen LogP contribution in [0.25, 0.3) is 0 Å². The fourth-order valence-electron chi connectivity index (χ4n) is 2.53. The maximum absolute atomic E-state index is 12.3. The summed E-state index contributed by atoms with van der Waals surface area (Å²) in [5, 5.41) is 11.8. The van der Waals surface area contributed by atoms with Gasteiger partial charge in [0.1, 0.15) is 6.04 Å². The SMILES string of the molecule is CCCCCCCC[C@H](NC(=O)c1cccc(C(=O)OC)c1)C(=O)O. The Labute approximate surface area is 148 Å². The zero-order valence-electron chi connectivity index (χ0n) is 14.9. The molecule has 1 amide bonds. The molecule has 1 aromatic carbocycles. The summed E-state index contributed by atoms with van der Waals surface area (Å²) in [4.78, 5) is 35.2. The van der Waals surface area contributed by atoms with Gasteiger partial charge in [0.2, 0.25) is 0 Å². The lowest BCUT2D eigenvalue weighted by atomic mass is 10.0. The van der Waals surface area contributed by atoms with Crippen LogP contribution in [-0.2, 0) is 9.53 Å². The topological polar surface area (TPSA) is 92.7 Å². The van der Waals surface area contributed by atoms with Crippen molar-refractivity contribution in [3.05, 3.63) is 35.4 Å². The molecule has 0 fully saturated rings. The van der Waals surface area contributed by atoms with Crippen LogP contribution in [0.5, 0.6) is 0 Å². The van der Waals surface area contributed by atoms with Crippen molar-refractivity contribution < 1.29 is 24.2 Å². The van der Waals surface area contributed by atoms with Crippen LogP contribution in [0.1, 0.15) is 72.6 Å². The van der Waals surface area contributed by atoms with Gasteiger partial charge in [0.05, 0.1) is 12.7 Å². The van der Waals surface area contributed by atoms with Gasteiger partial charge in [-0.1, -0.05) is 51.5 Å². The Kier molecular flexibility index (Phi) is 9.29.